The highest BCUT2D eigenvalue weighted by atomic mass is 19.1. The molecule has 1 aliphatic rings. The first-order chi connectivity index (χ1) is 9.70. The minimum Gasteiger partial charge on any atom is -0.382 e. The minimum absolute atomic E-state index is 0.207. The molecule has 0 amide bonds. The Morgan fingerprint density at radius 1 is 1.50 bits per heavy atom. The van der Waals surface area contributed by atoms with Gasteiger partial charge in [0, 0.05) is 6.61 Å². The summed E-state index contributed by atoms with van der Waals surface area (Å²) in [5.74, 6) is -0.168. The van der Waals surface area contributed by atoms with Crippen molar-refractivity contribution in [1.82, 2.24) is 9.78 Å². The first-order valence-electron chi connectivity index (χ1n) is 6.36. The SMILES string of the molecule is N#Cc1c([C@@H]2CCCO2)nn(-c2cccc(F)c2)c1N. The predicted octanol–water partition coefficient (Wildman–Crippen LogP) is 2.32. The second kappa shape index (κ2) is 4.94. The number of benzene rings is 1. The zero-order valence-corrected chi connectivity index (χ0v) is 10.7. The third-order valence-corrected chi connectivity index (χ3v) is 3.35. The minimum atomic E-state index is -0.380. The van der Waals surface area contributed by atoms with E-state index >= 15 is 0 Å². The number of hydrogen-bond acceptors (Lipinski definition) is 4. The number of hydrogen-bond donors (Lipinski definition) is 1. The molecular weight excluding hydrogens is 259 g/mol. The molecular formula is C14H13FN4O. The van der Waals surface area contributed by atoms with Gasteiger partial charge in [-0.1, -0.05) is 6.07 Å². The fourth-order valence-corrected chi connectivity index (χ4v) is 2.39. The van der Waals surface area contributed by atoms with Crippen LogP contribution in [0, 0.1) is 17.1 Å². The zero-order valence-electron chi connectivity index (χ0n) is 10.7. The number of aromatic nitrogens is 2. The van der Waals surface area contributed by atoms with Crippen LogP contribution in [0.4, 0.5) is 10.2 Å². The van der Waals surface area contributed by atoms with Crippen LogP contribution in [0.15, 0.2) is 24.3 Å². The third kappa shape index (κ3) is 2.02. The van der Waals surface area contributed by atoms with Gasteiger partial charge in [0.05, 0.1) is 5.69 Å². The number of nitrogens with zero attached hydrogens (tertiary/aromatic N) is 3. The van der Waals surface area contributed by atoms with Gasteiger partial charge in [-0.2, -0.15) is 10.4 Å². The average molecular weight is 272 g/mol. The van der Waals surface area contributed by atoms with E-state index in [1.54, 1.807) is 12.1 Å². The fraction of sp³-hybridized carbons (Fsp3) is 0.286. The highest BCUT2D eigenvalue weighted by Crippen LogP contribution is 2.33. The average Bonchev–Trinajstić information content (AvgIpc) is 3.05. The van der Waals surface area contributed by atoms with Gasteiger partial charge in [0.1, 0.15) is 35.1 Å². The normalized spacial score (nSPS) is 18.1. The molecule has 6 heteroatoms. The summed E-state index contributed by atoms with van der Waals surface area (Å²) < 4.78 is 20.2. The summed E-state index contributed by atoms with van der Waals surface area (Å²) in [5.41, 5.74) is 7.29. The van der Waals surface area contributed by atoms with Gasteiger partial charge in [0.25, 0.3) is 0 Å². The second-order valence-corrected chi connectivity index (χ2v) is 4.65. The van der Waals surface area contributed by atoms with E-state index in [2.05, 4.69) is 11.2 Å². The van der Waals surface area contributed by atoms with Crippen molar-refractivity contribution in [1.29, 1.82) is 5.26 Å². The Labute approximate surface area is 115 Å². The highest BCUT2D eigenvalue weighted by Gasteiger charge is 2.27. The molecule has 0 bridgehead atoms. The van der Waals surface area contributed by atoms with Gasteiger partial charge in [-0.05, 0) is 31.0 Å². The molecule has 0 aliphatic carbocycles. The molecule has 1 aromatic carbocycles. The van der Waals surface area contributed by atoms with Crippen LogP contribution in [0.5, 0.6) is 0 Å². The lowest BCUT2D eigenvalue weighted by Gasteiger charge is -2.05. The van der Waals surface area contributed by atoms with Crippen LogP contribution in [-0.4, -0.2) is 16.4 Å². The standard InChI is InChI=1S/C14H13FN4O/c15-9-3-1-4-10(7-9)19-14(17)11(8-16)13(18-19)12-5-2-6-20-12/h1,3-4,7,12H,2,5-6,17H2/t12-/m0/s1. The molecule has 0 spiro atoms. The Morgan fingerprint density at radius 3 is 3.00 bits per heavy atom. The van der Waals surface area contributed by atoms with Crippen LogP contribution in [0.3, 0.4) is 0 Å². The lowest BCUT2D eigenvalue weighted by atomic mass is 10.1. The van der Waals surface area contributed by atoms with Crippen LogP contribution in [0.2, 0.25) is 0 Å². The first kappa shape index (κ1) is 12.6. The topological polar surface area (TPSA) is 76.9 Å². The van der Waals surface area contributed by atoms with Crippen LogP contribution >= 0.6 is 0 Å². The molecule has 2 heterocycles. The molecule has 2 N–H and O–H groups in total. The molecule has 0 saturated carbocycles. The van der Waals surface area contributed by atoms with E-state index < -0.39 is 0 Å². The van der Waals surface area contributed by atoms with E-state index in [0.717, 1.165) is 12.8 Å². The Bertz CT molecular complexity index is 683. The molecule has 1 aromatic heterocycles. The van der Waals surface area contributed by atoms with Gasteiger partial charge in [-0.3, -0.25) is 0 Å². The van der Waals surface area contributed by atoms with E-state index in [0.29, 0.717) is 23.6 Å². The maximum absolute atomic E-state index is 13.3. The Balaban J connectivity index is 2.11. The van der Waals surface area contributed by atoms with Gasteiger partial charge in [-0.15, -0.1) is 0 Å². The number of nitriles is 1. The van der Waals surface area contributed by atoms with Crippen LogP contribution in [0.25, 0.3) is 5.69 Å². The molecule has 0 unspecified atom stereocenters. The third-order valence-electron chi connectivity index (χ3n) is 3.35. The fourth-order valence-electron chi connectivity index (χ4n) is 2.39. The molecule has 1 fully saturated rings. The van der Waals surface area contributed by atoms with Crippen molar-refractivity contribution in [2.24, 2.45) is 0 Å². The number of rotatable bonds is 2. The first-order valence-corrected chi connectivity index (χ1v) is 6.36. The van der Waals surface area contributed by atoms with Gasteiger partial charge in [0.15, 0.2) is 0 Å². The number of ether oxygens (including phenoxy) is 1. The van der Waals surface area contributed by atoms with Gasteiger partial charge < -0.3 is 10.5 Å². The van der Waals surface area contributed by atoms with Gasteiger partial charge in [0.2, 0.25) is 0 Å². The molecule has 1 atom stereocenters. The summed E-state index contributed by atoms with van der Waals surface area (Å²) in [6, 6.07) is 7.99. The monoisotopic (exact) mass is 272 g/mol. The van der Waals surface area contributed by atoms with Crippen molar-refractivity contribution < 1.29 is 9.13 Å². The van der Waals surface area contributed by atoms with Crippen LogP contribution in [-0.2, 0) is 4.74 Å². The smallest absolute Gasteiger partial charge is 0.145 e. The lowest BCUT2D eigenvalue weighted by Crippen LogP contribution is -2.03. The van der Waals surface area contributed by atoms with E-state index in [4.69, 9.17) is 10.5 Å². The Morgan fingerprint density at radius 2 is 2.35 bits per heavy atom. The number of nitrogens with two attached hydrogens (primary N) is 1. The number of nitrogen functional groups attached to an aromatic ring is 1. The van der Waals surface area contributed by atoms with E-state index in [9.17, 15) is 9.65 Å². The summed E-state index contributed by atoms with van der Waals surface area (Å²) in [6.45, 7) is 0.655. The number of halogens is 1. The van der Waals surface area contributed by atoms with Crippen molar-refractivity contribution in [3.8, 4) is 11.8 Å². The molecule has 1 saturated heterocycles. The van der Waals surface area contributed by atoms with E-state index in [1.807, 2.05) is 0 Å². The van der Waals surface area contributed by atoms with Crippen LogP contribution < -0.4 is 5.73 Å². The Hall–Kier alpha value is -2.39. The van der Waals surface area contributed by atoms with Crippen molar-refractivity contribution in [3.63, 3.8) is 0 Å². The summed E-state index contributed by atoms with van der Waals surface area (Å²) in [7, 11) is 0. The largest absolute Gasteiger partial charge is 0.382 e. The molecule has 5 nitrogen and oxygen atoms in total. The second-order valence-electron chi connectivity index (χ2n) is 4.65. The highest BCUT2D eigenvalue weighted by molar-refractivity contribution is 5.56. The maximum Gasteiger partial charge on any atom is 0.145 e. The molecule has 3 rings (SSSR count). The van der Waals surface area contributed by atoms with Crippen molar-refractivity contribution >= 4 is 5.82 Å². The molecule has 1 aliphatic heterocycles. The summed E-state index contributed by atoms with van der Waals surface area (Å²) in [6.07, 6.45) is 1.54. The van der Waals surface area contributed by atoms with E-state index in [-0.39, 0.29) is 17.7 Å². The molecule has 102 valence electrons. The van der Waals surface area contributed by atoms with Crippen molar-refractivity contribution in [2.45, 2.75) is 18.9 Å². The van der Waals surface area contributed by atoms with Crippen LogP contribution in [0.1, 0.15) is 30.2 Å². The quantitative estimate of drug-likeness (QED) is 0.910. The summed E-state index contributed by atoms with van der Waals surface area (Å²) in [4.78, 5) is 0. The summed E-state index contributed by atoms with van der Waals surface area (Å²) in [5, 5.41) is 13.6. The van der Waals surface area contributed by atoms with Crippen molar-refractivity contribution in [3.05, 3.63) is 41.3 Å². The molecule has 20 heavy (non-hydrogen) atoms. The van der Waals surface area contributed by atoms with Crippen molar-refractivity contribution in [2.75, 3.05) is 12.3 Å². The maximum atomic E-state index is 13.3. The van der Waals surface area contributed by atoms with E-state index in [1.165, 1.54) is 16.8 Å². The van der Waals surface area contributed by atoms with Gasteiger partial charge >= 0.3 is 0 Å². The summed E-state index contributed by atoms with van der Waals surface area (Å²) >= 11 is 0. The Kier molecular flexibility index (Phi) is 3.12. The molecule has 2 aromatic rings. The number of anilines is 1. The zero-order chi connectivity index (χ0) is 14.1. The lowest BCUT2D eigenvalue weighted by molar-refractivity contribution is 0.108. The predicted molar refractivity (Wildman–Crippen MR) is 70.6 cm³/mol. The molecule has 0 radical (unpaired) electrons. The van der Waals surface area contributed by atoms with Gasteiger partial charge in [-0.25, -0.2) is 9.07 Å².